The van der Waals surface area contributed by atoms with Crippen molar-refractivity contribution in [1.82, 2.24) is 15.1 Å². The molecule has 1 saturated carbocycles. The molecule has 0 aliphatic heterocycles. The van der Waals surface area contributed by atoms with E-state index in [1.165, 1.54) is 32.0 Å². The van der Waals surface area contributed by atoms with Crippen molar-refractivity contribution in [3.63, 3.8) is 0 Å². The second-order valence-corrected chi connectivity index (χ2v) is 9.48. The summed E-state index contributed by atoms with van der Waals surface area (Å²) in [7, 11) is 3.04. The van der Waals surface area contributed by atoms with Gasteiger partial charge in [-0.25, -0.2) is 0 Å². The van der Waals surface area contributed by atoms with Crippen LogP contribution in [0.25, 0.3) is 11.3 Å². The van der Waals surface area contributed by atoms with Crippen LogP contribution in [0, 0.1) is 11.8 Å². The van der Waals surface area contributed by atoms with Crippen LogP contribution in [-0.4, -0.2) is 79.2 Å². The number of nitrogens with zero attached hydrogens (tertiary/aromatic N) is 2. The van der Waals surface area contributed by atoms with E-state index in [1.54, 1.807) is 12.1 Å². The Bertz CT molecular complexity index is 1240. The lowest BCUT2D eigenvalue weighted by molar-refractivity contribution is -0.190. The van der Waals surface area contributed by atoms with E-state index in [0.717, 1.165) is 0 Å². The second-order valence-electron chi connectivity index (χ2n) is 9.48. The molecule has 11 nitrogen and oxygen atoms in total. The fraction of sp³-hybridized carbons (Fsp3) is 0.455. The molecule has 2 unspecified atom stereocenters. The van der Waals surface area contributed by atoms with Crippen molar-refractivity contribution in [2.75, 3.05) is 14.1 Å². The van der Waals surface area contributed by atoms with Crippen LogP contribution in [0.2, 0.25) is 0 Å². The first-order chi connectivity index (χ1) is 15.4. The highest BCUT2D eigenvalue weighted by molar-refractivity contribution is 6.24. The molecule has 5 rings (SSSR count). The number of phenols is 1. The van der Waals surface area contributed by atoms with E-state index >= 15 is 0 Å². The Morgan fingerprint density at radius 3 is 2.52 bits per heavy atom. The van der Waals surface area contributed by atoms with Gasteiger partial charge >= 0.3 is 0 Å². The summed E-state index contributed by atoms with van der Waals surface area (Å²) in [5.74, 6) is -7.84. The van der Waals surface area contributed by atoms with Crippen molar-refractivity contribution in [2.24, 2.45) is 17.6 Å². The van der Waals surface area contributed by atoms with Crippen LogP contribution in [0.5, 0.6) is 5.75 Å². The van der Waals surface area contributed by atoms with Gasteiger partial charge in [-0.1, -0.05) is 12.1 Å². The average Bonchev–Trinajstić information content (AvgIpc) is 3.14. The van der Waals surface area contributed by atoms with Crippen LogP contribution in [-0.2, 0) is 25.6 Å². The lowest BCUT2D eigenvalue weighted by Crippen LogP contribution is -2.71. The summed E-state index contributed by atoms with van der Waals surface area (Å²) in [6, 6.07) is 3.27. The first-order valence-electron chi connectivity index (χ1n) is 10.4. The number of hydrogen-bond acceptors (Lipinski definition) is 9. The number of hydrogen-bond donors (Lipinski definition) is 6. The van der Waals surface area contributed by atoms with Gasteiger partial charge in [-0.3, -0.25) is 24.4 Å². The summed E-state index contributed by atoms with van der Waals surface area (Å²) in [5.41, 5.74) is 1.75. The number of phenolic OH excluding ortho intramolecular Hbond substituents is 1. The van der Waals surface area contributed by atoms with Gasteiger partial charge in [-0.15, -0.1) is 0 Å². The number of H-pyrrole nitrogens is 1. The average molecular weight is 456 g/mol. The Morgan fingerprint density at radius 1 is 1.24 bits per heavy atom. The number of benzene rings is 1. The number of fused-ring (bicyclic) bond motifs is 4. The van der Waals surface area contributed by atoms with Crippen molar-refractivity contribution >= 4 is 17.5 Å². The number of nitrogens with two attached hydrogens (primary N) is 1. The van der Waals surface area contributed by atoms with Gasteiger partial charge in [-0.2, -0.15) is 5.10 Å². The molecule has 0 radical (unpaired) electrons. The van der Waals surface area contributed by atoms with Crippen LogP contribution in [0.15, 0.2) is 18.2 Å². The Labute approximate surface area is 187 Å². The van der Waals surface area contributed by atoms with Gasteiger partial charge in [0.05, 0.1) is 34.9 Å². The number of aliphatic hydroxyl groups excluding tert-OH is 1. The summed E-state index contributed by atoms with van der Waals surface area (Å²) in [5, 5.41) is 52.5. The zero-order valence-electron chi connectivity index (χ0n) is 18.1. The molecule has 7 N–H and O–H groups in total. The second kappa shape index (κ2) is 6.48. The molecule has 0 saturated heterocycles. The summed E-state index contributed by atoms with van der Waals surface area (Å²) in [6.45, 7) is 1.45. The fourth-order valence-electron chi connectivity index (χ4n) is 6.16. The third-order valence-corrected chi connectivity index (χ3v) is 7.51. The maximum atomic E-state index is 13.4. The highest BCUT2D eigenvalue weighted by Crippen LogP contribution is 2.61. The minimum absolute atomic E-state index is 0.137. The highest BCUT2D eigenvalue weighted by atomic mass is 16.3. The minimum atomic E-state index is -2.52. The summed E-state index contributed by atoms with van der Waals surface area (Å²) < 4.78 is 0. The molecule has 0 spiro atoms. The van der Waals surface area contributed by atoms with Gasteiger partial charge in [0.1, 0.15) is 11.4 Å². The molecule has 1 fully saturated rings. The Kier molecular flexibility index (Phi) is 4.26. The van der Waals surface area contributed by atoms with Gasteiger partial charge in [0, 0.05) is 11.5 Å². The predicted molar refractivity (Wildman–Crippen MR) is 112 cm³/mol. The number of nitrogens with one attached hydrogen (secondary N) is 1. The standard InChI is InChI=1S/C22H24N4O7/c1-21(32)7-5-4-6-8(27)9(7)14-10-12(21)17(29)13-15(26(2)3)16(28)11(20(23)31)19(30)22(13,33)18(10)25-24-14/h4-6,11-13,15,17,27,29,32-33H,1-3H3,(H2,23,31)(H,24,25)/t11?,12-,13-,15+,17+,21?,22+/m0/s1. The molecule has 1 heterocycles. The van der Waals surface area contributed by atoms with Crippen molar-refractivity contribution in [3.05, 3.63) is 35.0 Å². The number of amides is 1. The highest BCUT2D eigenvalue weighted by Gasteiger charge is 2.70. The Hall–Kier alpha value is -3.12. The Balaban J connectivity index is 1.87. The number of aliphatic hydroxyl groups is 3. The molecule has 3 aliphatic rings. The smallest absolute Gasteiger partial charge is 0.235 e. The lowest BCUT2D eigenvalue weighted by Gasteiger charge is -2.55. The first-order valence-corrected chi connectivity index (χ1v) is 10.4. The monoisotopic (exact) mass is 456 g/mol. The first kappa shape index (κ1) is 21.7. The number of aromatic amines is 1. The third kappa shape index (κ3) is 2.37. The van der Waals surface area contributed by atoms with Crippen LogP contribution >= 0.6 is 0 Å². The number of aromatic hydroxyl groups is 1. The van der Waals surface area contributed by atoms with E-state index in [2.05, 4.69) is 10.2 Å². The number of primary amides is 1. The molecule has 33 heavy (non-hydrogen) atoms. The normalized spacial score (nSPS) is 36.9. The molecule has 7 atom stereocenters. The number of carbonyl (C=O) groups is 3. The van der Waals surface area contributed by atoms with Gasteiger partial charge in [-0.05, 0) is 32.6 Å². The van der Waals surface area contributed by atoms with Crippen LogP contribution in [0.1, 0.15) is 29.7 Å². The topological polar surface area (TPSA) is 190 Å². The van der Waals surface area contributed by atoms with E-state index in [1.807, 2.05) is 0 Å². The minimum Gasteiger partial charge on any atom is -0.507 e. The van der Waals surface area contributed by atoms with Crippen molar-refractivity contribution in [1.29, 1.82) is 0 Å². The molecule has 2 aromatic rings. The molecule has 3 aliphatic carbocycles. The number of rotatable bonds is 2. The van der Waals surface area contributed by atoms with E-state index in [0.29, 0.717) is 5.56 Å². The van der Waals surface area contributed by atoms with Crippen LogP contribution < -0.4 is 5.73 Å². The number of aromatic nitrogens is 2. The molecule has 0 bridgehead atoms. The number of ketones is 2. The van der Waals surface area contributed by atoms with E-state index in [4.69, 9.17) is 5.73 Å². The summed E-state index contributed by atoms with van der Waals surface area (Å²) in [4.78, 5) is 40.1. The quantitative estimate of drug-likeness (QED) is 0.290. The molecule has 1 aromatic heterocycles. The van der Waals surface area contributed by atoms with Gasteiger partial charge in [0.15, 0.2) is 23.1 Å². The maximum absolute atomic E-state index is 13.4. The molecule has 1 amide bonds. The molecular formula is C22H24N4O7. The SMILES string of the molecule is CN(C)[C@H]1C(=O)C(C(N)=O)C(=O)[C@]2(O)c3[nH]nc4c3[C@@H]([C@@H](O)[C@H]12)C(C)(O)c1cccc(O)c1-4. The van der Waals surface area contributed by atoms with Crippen molar-refractivity contribution in [2.45, 2.75) is 36.2 Å². The summed E-state index contributed by atoms with van der Waals surface area (Å²) >= 11 is 0. The van der Waals surface area contributed by atoms with Crippen LogP contribution in [0.4, 0.5) is 0 Å². The third-order valence-electron chi connectivity index (χ3n) is 7.51. The van der Waals surface area contributed by atoms with E-state index in [9.17, 15) is 34.8 Å². The zero-order chi connectivity index (χ0) is 24.2. The molecule has 174 valence electrons. The predicted octanol–water partition coefficient (Wildman–Crippen LogP) is -1.55. The van der Waals surface area contributed by atoms with Crippen LogP contribution in [0.3, 0.4) is 0 Å². The summed E-state index contributed by atoms with van der Waals surface area (Å²) in [6.07, 6.45) is -1.60. The number of likely N-dealkylation sites (N-methyl/N-ethyl adjacent to an activating group) is 1. The number of carbonyl (C=O) groups excluding carboxylic acids is 3. The molecule has 1 aromatic carbocycles. The van der Waals surface area contributed by atoms with E-state index < -0.39 is 58.6 Å². The maximum Gasteiger partial charge on any atom is 0.235 e. The largest absolute Gasteiger partial charge is 0.507 e. The van der Waals surface area contributed by atoms with Gasteiger partial charge in [0.2, 0.25) is 5.91 Å². The van der Waals surface area contributed by atoms with E-state index in [-0.39, 0.29) is 28.3 Å². The lowest BCUT2D eigenvalue weighted by atomic mass is 9.52. The molecule has 11 heteroatoms. The van der Waals surface area contributed by atoms with Crippen molar-refractivity contribution in [3.8, 4) is 17.0 Å². The van der Waals surface area contributed by atoms with Gasteiger partial charge in [0.25, 0.3) is 0 Å². The Morgan fingerprint density at radius 2 is 1.91 bits per heavy atom. The van der Waals surface area contributed by atoms with Crippen molar-refractivity contribution < 1.29 is 34.8 Å². The molecular weight excluding hydrogens is 432 g/mol. The fourth-order valence-corrected chi connectivity index (χ4v) is 6.16. The zero-order valence-corrected chi connectivity index (χ0v) is 18.1. The number of Topliss-reactive ketones (excluding diaryl/α,β-unsaturated/α-hetero) is 2. The van der Waals surface area contributed by atoms with Gasteiger partial charge < -0.3 is 26.2 Å².